The first-order chi connectivity index (χ1) is 7.52. The Bertz CT molecular complexity index is 404. The van der Waals surface area contributed by atoms with Gasteiger partial charge in [0, 0.05) is 5.56 Å². The SMILES string of the molecule is COC(=O)C(O)c1ccc(OC)c(O)c1F. The number of carbonyl (C=O) groups is 1. The zero-order valence-corrected chi connectivity index (χ0v) is 8.73. The van der Waals surface area contributed by atoms with E-state index in [0.29, 0.717) is 0 Å². The van der Waals surface area contributed by atoms with Gasteiger partial charge in [0.1, 0.15) is 0 Å². The first kappa shape index (κ1) is 12.3. The molecular formula is C10H11FO5. The second-order valence-corrected chi connectivity index (χ2v) is 2.95. The number of aliphatic hydroxyl groups excluding tert-OH is 1. The summed E-state index contributed by atoms with van der Waals surface area (Å²) in [6, 6.07) is 2.37. The molecule has 2 N–H and O–H groups in total. The van der Waals surface area contributed by atoms with Crippen molar-refractivity contribution in [2.75, 3.05) is 14.2 Å². The summed E-state index contributed by atoms with van der Waals surface area (Å²) >= 11 is 0. The molecule has 1 aromatic carbocycles. The van der Waals surface area contributed by atoms with Crippen molar-refractivity contribution in [3.63, 3.8) is 0 Å². The van der Waals surface area contributed by atoms with Gasteiger partial charge < -0.3 is 19.7 Å². The summed E-state index contributed by atoms with van der Waals surface area (Å²) in [5.41, 5.74) is -0.370. The lowest BCUT2D eigenvalue weighted by molar-refractivity contribution is -0.150. The Labute approximate surface area is 91.0 Å². The van der Waals surface area contributed by atoms with Crippen molar-refractivity contribution in [3.05, 3.63) is 23.5 Å². The molecule has 0 aromatic heterocycles. The molecule has 0 heterocycles. The summed E-state index contributed by atoms with van der Waals surface area (Å²) in [5.74, 6) is -2.97. The first-order valence-electron chi connectivity index (χ1n) is 4.34. The van der Waals surface area contributed by atoms with Crippen LogP contribution in [0, 0.1) is 5.82 Å². The third-order valence-electron chi connectivity index (χ3n) is 2.05. The Morgan fingerprint density at radius 1 is 1.44 bits per heavy atom. The number of hydrogen-bond donors (Lipinski definition) is 2. The number of methoxy groups -OCH3 is 2. The molecule has 0 saturated heterocycles. The normalized spacial score (nSPS) is 12.0. The lowest BCUT2D eigenvalue weighted by Gasteiger charge is -2.12. The van der Waals surface area contributed by atoms with Crippen LogP contribution in [0.3, 0.4) is 0 Å². The van der Waals surface area contributed by atoms with Crippen molar-refractivity contribution in [1.82, 2.24) is 0 Å². The number of carbonyl (C=O) groups excluding carboxylic acids is 1. The van der Waals surface area contributed by atoms with Gasteiger partial charge in [0.2, 0.25) is 0 Å². The topological polar surface area (TPSA) is 76.0 Å². The minimum Gasteiger partial charge on any atom is -0.502 e. The third kappa shape index (κ3) is 2.06. The molecule has 0 aliphatic rings. The number of rotatable bonds is 3. The second kappa shape index (κ2) is 4.80. The monoisotopic (exact) mass is 230 g/mol. The van der Waals surface area contributed by atoms with Crippen LogP contribution >= 0.6 is 0 Å². The van der Waals surface area contributed by atoms with Crippen LogP contribution in [0.4, 0.5) is 4.39 Å². The first-order valence-corrected chi connectivity index (χ1v) is 4.34. The van der Waals surface area contributed by atoms with Crippen molar-refractivity contribution in [2.24, 2.45) is 0 Å². The van der Waals surface area contributed by atoms with Gasteiger partial charge in [-0.25, -0.2) is 9.18 Å². The number of halogens is 1. The van der Waals surface area contributed by atoms with Crippen molar-refractivity contribution in [2.45, 2.75) is 6.10 Å². The van der Waals surface area contributed by atoms with E-state index in [4.69, 9.17) is 0 Å². The van der Waals surface area contributed by atoms with Crippen molar-refractivity contribution < 1.29 is 28.9 Å². The lowest BCUT2D eigenvalue weighted by atomic mass is 10.1. The Kier molecular flexibility index (Phi) is 3.68. The zero-order valence-electron chi connectivity index (χ0n) is 8.73. The Balaban J connectivity index is 3.17. The van der Waals surface area contributed by atoms with Gasteiger partial charge in [0.25, 0.3) is 0 Å². The smallest absolute Gasteiger partial charge is 0.339 e. The van der Waals surface area contributed by atoms with Crippen LogP contribution in [-0.4, -0.2) is 30.4 Å². The van der Waals surface area contributed by atoms with Crippen molar-refractivity contribution in [3.8, 4) is 11.5 Å². The van der Waals surface area contributed by atoms with E-state index >= 15 is 0 Å². The van der Waals surface area contributed by atoms with Gasteiger partial charge in [-0.15, -0.1) is 0 Å². The van der Waals surface area contributed by atoms with E-state index < -0.39 is 23.6 Å². The van der Waals surface area contributed by atoms with E-state index in [1.54, 1.807) is 0 Å². The summed E-state index contributed by atoms with van der Waals surface area (Å²) < 4.78 is 22.4. The maximum absolute atomic E-state index is 13.5. The maximum Gasteiger partial charge on any atom is 0.339 e. The summed E-state index contributed by atoms with van der Waals surface area (Å²) in [5, 5.41) is 18.7. The number of aliphatic hydroxyl groups is 1. The van der Waals surface area contributed by atoms with Crippen molar-refractivity contribution >= 4 is 5.97 Å². The number of esters is 1. The molecule has 0 radical (unpaired) electrons. The van der Waals surface area contributed by atoms with E-state index in [2.05, 4.69) is 9.47 Å². The number of phenols is 1. The highest BCUT2D eigenvalue weighted by atomic mass is 19.1. The van der Waals surface area contributed by atoms with Crippen LogP contribution in [0.5, 0.6) is 11.5 Å². The molecule has 88 valence electrons. The van der Waals surface area contributed by atoms with Gasteiger partial charge in [0.15, 0.2) is 23.4 Å². The maximum atomic E-state index is 13.5. The highest BCUT2D eigenvalue weighted by molar-refractivity contribution is 5.76. The predicted octanol–water partition coefficient (Wildman–Crippen LogP) is 0.746. The minimum absolute atomic E-state index is 0.0849. The fraction of sp³-hybridized carbons (Fsp3) is 0.300. The number of phenolic OH excluding ortho intramolecular Hbond substituents is 1. The van der Waals surface area contributed by atoms with Gasteiger partial charge in [0.05, 0.1) is 14.2 Å². The number of benzene rings is 1. The molecular weight excluding hydrogens is 219 g/mol. The van der Waals surface area contributed by atoms with Gasteiger partial charge in [-0.1, -0.05) is 0 Å². The molecule has 0 spiro atoms. The molecule has 0 fully saturated rings. The molecule has 0 aliphatic carbocycles. The second-order valence-electron chi connectivity index (χ2n) is 2.95. The summed E-state index contributed by atoms with van der Waals surface area (Å²) in [6.45, 7) is 0. The van der Waals surface area contributed by atoms with Gasteiger partial charge in [-0.05, 0) is 12.1 Å². The van der Waals surface area contributed by atoms with E-state index in [1.807, 2.05) is 0 Å². The quantitative estimate of drug-likeness (QED) is 0.749. The average Bonchev–Trinajstić information content (AvgIpc) is 2.30. The lowest BCUT2D eigenvalue weighted by Crippen LogP contribution is -2.15. The highest BCUT2D eigenvalue weighted by Crippen LogP contribution is 2.33. The van der Waals surface area contributed by atoms with Gasteiger partial charge in [-0.3, -0.25) is 0 Å². The van der Waals surface area contributed by atoms with Crippen molar-refractivity contribution in [1.29, 1.82) is 0 Å². The van der Waals surface area contributed by atoms with Gasteiger partial charge >= 0.3 is 5.97 Å². The molecule has 1 atom stereocenters. The molecule has 0 bridgehead atoms. The standard InChI is InChI=1S/C10H11FO5/c1-15-6-4-3-5(7(11)9(6)13)8(12)10(14)16-2/h3-4,8,12-13H,1-2H3. The van der Waals surface area contributed by atoms with Gasteiger partial charge in [-0.2, -0.15) is 0 Å². The predicted molar refractivity (Wildman–Crippen MR) is 51.6 cm³/mol. The summed E-state index contributed by atoms with van der Waals surface area (Å²) in [6.07, 6.45) is -1.78. The van der Waals surface area contributed by atoms with E-state index in [-0.39, 0.29) is 11.3 Å². The molecule has 0 amide bonds. The van der Waals surface area contributed by atoms with E-state index in [0.717, 1.165) is 13.2 Å². The third-order valence-corrected chi connectivity index (χ3v) is 2.05. The van der Waals surface area contributed by atoms with E-state index in [1.165, 1.54) is 13.2 Å². The molecule has 1 unspecified atom stereocenters. The number of ether oxygens (including phenoxy) is 2. The molecule has 0 aliphatic heterocycles. The fourth-order valence-corrected chi connectivity index (χ4v) is 1.18. The Hall–Kier alpha value is -1.82. The summed E-state index contributed by atoms with van der Waals surface area (Å²) in [4.78, 5) is 11.0. The minimum atomic E-state index is -1.78. The summed E-state index contributed by atoms with van der Waals surface area (Å²) in [7, 11) is 2.32. The van der Waals surface area contributed by atoms with Crippen LogP contribution in [-0.2, 0) is 9.53 Å². The molecule has 1 aromatic rings. The number of hydrogen-bond acceptors (Lipinski definition) is 5. The largest absolute Gasteiger partial charge is 0.502 e. The zero-order chi connectivity index (χ0) is 12.3. The van der Waals surface area contributed by atoms with Crippen LogP contribution in [0.25, 0.3) is 0 Å². The van der Waals surface area contributed by atoms with Crippen LogP contribution < -0.4 is 4.74 Å². The number of aromatic hydroxyl groups is 1. The Morgan fingerprint density at radius 3 is 2.56 bits per heavy atom. The van der Waals surface area contributed by atoms with Crippen LogP contribution in [0.1, 0.15) is 11.7 Å². The van der Waals surface area contributed by atoms with Crippen LogP contribution in [0.2, 0.25) is 0 Å². The fourth-order valence-electron chi connectivity index (χ4n) is 1.18. The molecule has 1 rings (SSSR count). The van der Waals surface area contributed by atoms with E-state index in [9.17, 15) is 19.4 Å². The highest BCUT2D eigenvalue weighted by Gasteiger charge is 2.24. The van der Waals surface area contributed by atoms with Crippen LogP contribution in [0.15, 0.2) is 12.1 Å². The molecule has 6 heteroatoms. The molecule has 16 heavy (non-hydrogen) atoms. The Morgan fingerprint density at radius 2 is 2.06 bits per heavy atom. The molecule has 0 saturated carbocycles. The molecule has 5 nitrogen and oxygen atoms in total. The average molecular weight is 230 g/mol.